The molecule has 0 spiro atoms. The summed E-state index contributed by atoms with van der Waals surface area (Å²) in [4.78, 5) is 6.18. The summed E-state index contributed by atoms with van der Waals surface area (Å²) in [6.07, 6.45) is -1.63. The zero-order valence-corrected chi connectivity index (χ0v) is 24.1. The molecule has 0 aliphatic carbocycles. The minimum Gasteiger partial charge on any atom is -0.406 e. The smallest absolute Gasteiger partial charge is 0.406 e. The number of aromatic nitrogens is 3. The minimum absolute atomic E-state index is 0.121. The Hall–Kier alpha value is -4.16. The molecule has 3 aromatic carbocycles. The highest BCUT2D eigenvalue weighted by Crippen LogP contribution is 2.43. The summed E-state index contributed by atoms with van der Waals surface area (Å²) < 4.78 is 42.6. The quantitative estimate of drug-likeness (QED) is 0.183. The summed E-state index contributed by atoms with van der Waals surface area (Å²) >= 11 is 1.47. The lowest BCUT2D eigenvalue weighted by atomic mass is 9.99. The molecule has 1 N–H and O–H groups in total. The van der Waals surface area contributed by atoms with E-state index in [1.165, 1.54) is 47.0 Å². The number of alkyl halides is 3. The van der Waals surface area contributed by atoms with Crippen LogP contribution in [0.5, 0.6) is 5.75 Å². The fourth-order valence-corrected chi connectivity index (χ4v) is 5.60. The molecule has 0 amide bonds. The number of amidine groups is 1. The maximum atomic E-state index is 12.4. The minimum atomic E-state index is -4.75. The van der Waals surface area contributed by atoms with E-state index in [0.717, 1.165) is 22.4 Å². The maximum absolute atomic E-state index is 12.4. The Morgan fingerprint density at radius 3 is 2.40 bits per heavy atom. The van der Waals surface area contributed by atoms with Gasteiger partial charge in [0.25, 0.3) is 0 Å². The lowest BCUT2D eigenvalue weighted by Crippen LogP contribution is -2.48. The third-order valence-electron chi connectivity index (χ3n) is 6.84. The van der Waals surface area contributed by atoms with Crippen molar-refractivity contribution in [2.45, 2.75) is 51.0 Å². The Bertz CT molecular complexity index is 1600. The van der Waals surface area contributed by atoms with Gasteiger partial charge in [-0.1, -0.05) is 68.1 Å². The van der Waals surface area contributed by atoms with Gasteiger partial charge in [-0.3, -0.25) is 4.90 Å². The van der Waals surface area contributed by atoms with Crippen LogP contribution in [0, 0.1) is 0 Å². The van der Waals surface area contributed by atoms with Crippen LogP contribution in [0.3, 0.4) is 0 Å². The summed E-state index contributed by atoms with van der Waals surface area (Å²) in [6.45, 7) is 7.99. The van der Waals surface area contributed by atoms with E-state index in [4.69, 9.17) is 0 Å². The van der Waals surface area contributed by atoms with E-state index in [9.17, 15) is 18.3 Å². The van der Waals surface area contributed by atoms with Crippen LogP contribution in [-0.4, -0.2) is 48.6 Å². The molecule has 42 heavy (non-hydrogen) atoms. The van der Waals surface area contributed by atoms with Gasteiger partial charge in [0.05, 0.1) is 17.2 Å². The summed E-state index contributed by atoms with van der Waals surface area (Å²) in [6, 6.07) is 20.8. The first-order valence-electron chi connectivity index (χ1n) is 13.2. The molecule has 0 saturated carbocycles. The van der Waals surface area contributed by atoms with Crippen LogP contribution in [0.4, 0.5) is 18.9 Å². The number of benzene rings is 3. The number of ether oxygens (including phenoxy) is 1. The Labute approximate surface area is 245 Å². The summed E-state index contributed by atoms with van der Waals surface area (Å²) in [7, 11) is 0. The van der Waals surface area contributed by atoms with E-state index in [-0.39, 0.29) is 16.9 Å². The van der Waals surface area contributed by atoms with Gasteiger partial charge in [0.15, 0.2) is 16.7 Å². The fourth-order valence-electron chi connectivity index (χ4n) is 4.48. The van der Waals surface area contributed by atoms with Crippen LogP contribution in [0.1, 0.15) is 44.7 Å². The normalized spacial score (nSPS) is 20.3. The second-order valence-corrected chi connectivity index (χ2v) is 11.5. The van der Waals surface area contributed by atoms with Gasteiger partial charge >= 0.3 is 6.36 Å². The van der Waals surface area contributed by atoms with Crippen molar-refractivity contribution in [2.75, 3.05) is 4.90 Å². The lowest BCUT2D eigenvalue weighted by Gasteiger charge is -2.34. The molecule has 1 aliphatic heterocycles. The molecule has 5 rings (SSSR count). The second-order valence-electron chi connectivity index (χ2n) is 10.2. The molecule has 12 heteroatoms. The fraction of sp³-hybridized carbons (Fsp3) is 0.267. The Kier molecular flexibility index (Phi) is 8.11. The monoisotopic (exact) mass is 594 g/mol. The van der Waals surface area contributed by atoms with Gasteiger partial charge in [0, 0.05) is 11.3 Å². The molecule has 1 aromatic heterocycles. The highest BCUT2D eigenvalue weighted by molar-refractivity contribution is 8.15. The number of thioether (sulfide) groups is 1. The average Bonchev–Trinajstić information content (AvgIpc) is 3.51. The molecule has 1 fully saturated rings. The second kappa shape index (κ2) is 11.6. The van der Waals surface area contributed by atoms with E-state index in [0.29, 0.717) is 16.7 Å². The highest BCUT2D eigenvalue weighted by atomic mass is 32.2. The number of para-hydroxylation sites is 1. The molecule has 1 aliphatic rings. The van der Waals surface area contributed by atoms with Gasteiger partial charge in [-0.05, 0) is 61.2 Å². The molecule has 8 nitrogen and oxygen atoms in total. The highest BCUT2D eigenvalue weighted by Gasteiger charge is 2.47. The van der Waals surface area contributed by atoms with E-state index in [2.05, 4.69) is 44.9 Å². The molecule has 2 unspecified atom stereocenters. The maximum Gasteiger partial charge on any atom is 0.573 e. The van der Waals surface area contributed by atoms with Crippen molar-refractivity contribution in [2.24, 2.45) is 10.2 Å². The van der Waals surface area contributed by atoms with Crippen molar-refractivity contribution in [1.29, 1.82) is 0 Å². The molecule has 2 atom stereocenters. The molecule has 1 saturated heterocycles. The first-order valence-corrected chi connectivity index (χ1v) is 14.1. The third-order valence-corrected chi connectivity index (χ3v) is 8.12. The molecule has 0 bridgehead atoms. The number of aliphatic hydroxyl groups is 1. The van der Waals surface area contributed by atoms with Crippen LogP contribution in [0.2, 0.25) is 0 Å². The summed E-state index contributed by atoms with van der Waals surface area (Å²) in [5, 5.41) is 25.1. The first kappa shape index (κ1) is 29.3. The summed E-state index contributed by atoms with van der Waals surface area (Å²) in [5.41, 5.74) is 2.98. The predicted molar refractivity (Wildman–Crippen MR) is 159 cm³/mol. The van der Waals surface area contributed by atoms with E-state index >= 15 is 0 Å². The van der Waals surface area contributed by atoms with Gasteiger partial charge in [0.1, 0.15) is 12.1 Å². The van der Waals surface area contributed by atoms with Crippen LogP contribution < -0.4 is 9.64 Å². The molecular weight excluding hydrogens is 565 g/mol. The topological polar surface area (TPSA) is 88.1 Å². The molecular formula is C30H29F3N6O2S. The zero-order valence-electron chi connectivity index (χ0n) is 23.3. The third kappa shape index (κ3) is 6.34. The number of hydrogen-bond donors (Lipinski definition) is 1. The Morgan fingerprint density at radius 1 is 1.05 bits per heavy atom. The van der Waals surface area contributed by atoms with Crippen molar-refractivity contribution >= 4 is 28.8 Å². The van der Waals surface area contributed by atoms with E-state index < -0.39 is 12.1 Å². The van der Waals surface area contributed by atoms with Gasteiger partial charge in [-0.2, -0.15) is 5.10 Å². The number of nitrogens with zero attached hydrogens (tertiary/aromatic N) is 6. The van der Waals surface area contributed by atoms with E-state index in [1.54, 1.807) is 13.1 Å². The number of rotatable bonds is 7. The number of hydrogen-bond acceptors (Lipinski definition) is 7. The largest absolute Gasteiger partial charge is 0.573 e. The van der Waals surface area contributed by atoms with Crippen LogP contribution in [0.15, 0.2) is 89.3 Å². The molecule has 4 aromatic rings. The zero-order chi connectivity index (χ0) is 30.1. The standard InChI is InChI=1S/C30H29F3N6O2S/c1-19(2)25-7-5-6-8-26(25)39-28(42-20(3)29(39,4)40)36-35-17-21-9-11-22(12-10-21)27-34-18-38(37-27)23-13-15-24(16-14-23)41-30(31,32)33/h5-20,40H,1-4H3/b35-17+,36-28-. The van der Waals surface area contributed by atoms with Crippen LogP contribution in [0.25, 0.3) is 17.1 Å². The Balaban J connectivity index is 1.31. The van der Waals surface area contributed by atoms with Gasteiger partial charge in [-0.25, -0.2) is 9.67 Å². The van der Waals surface area contributed by atoms with Crippen molar-refractivity contribution < 1.29 is 23.0 Å². The number of halogens is 3. The van der Waals surface area contributed by atoms with Gasteiger partial charge in [-0.15, -0.1) is 23.4 Å². The molecule has 218 valence electrons. The molecule has 2 heterocycles. The number of anilines is 1. The predicted octanol–water partition coefficient (Wildman–Crippen LogP) is 7.00. The van der Waals surface area contributed by atoms with Crippen molar-refractivity contribution in [3.63, 3.8) is 0 Å². The van der Waals surface area contributed by atoms with Gasteiger partial charge < -0.3 is 9.84 Å². The van der Waals surface area contributed by atoms with Crippen molar-refractivity contribution in [3.8, 4) is 22.8 Å². The van der Waals surface area contributed by atoms with Crippen LogP contribution in [-0.2, 0) is 0 Å². The van der Waals surface area contributed by atoms with Crippen LogP contribution >= 0.6 is 11.8 Å². The SMILES string of the molecule is CC(C)c1ccccc1N1/C(=N/N=C/c2ccc(-c3ncn(-c4ccc(OC(F)(F)F)cc4)n3)cc2)SC(C)C1(C)O. The van der Waals surface area contributed by atoms with Crippen molar-refractivity contribution in [3.05, 3.63) is 90.3 Å². The first-order chi connectivity index (χ1) is 19.9. The van der Waals surface area contributed by atoms with Gasteiger partial charge in [0.2, 0.25) is 0 Å². The lowest BCUT2D eigenvalue weighted by molar-refractivity contribution is -0.274. The van der Waals surface area contributed by atoms with Crippen molar-refractivity contribution in [1.82, 2.24) is 14.8 Å². The van der Waals surface area contributed by atoms with E-state index in [1.807, 2.05) is 54.3 Å². The average molecular weight is 595 g/mol. The Morgan fingerprint density at radius 2 is 1.74 bits per heavy atom. The summed E-state index contributed by atoms with van der Waals surface area (Å²) in [5.74, 6) is 0.404. The molecule has 0 radical (unpaired) electrons.